The van der Waals surface area contributed by atoms with Crippen molar-refractivity contribution < 1.29 is 14.3 Å². The van der Waals surface area contributed by atoms with Crippen LogP contribution in [0.5, 0.6) is 17.4 Å². The zero-order chi connectivity index (χ0) is 21.5. The van der Waals surface area contributed by atoms with E-state index >= 15 is 0 Å². The van der Waals surface area contributed by atoms with Crippen LogP contribution in [0.2, 0.25) is 0 Å². The second-order valence-corrected chi connectivity index (χ2v) is 7.73. The van der Waals surface area contributed by atoms with Crippen molar-refractivity contribution in [2.24, 2.45) is 0 Å². The summed E-state index contributed by atoms with van der Waals surface area (Å²) in [6.07, 6.45) is 8.52. The Bertz CT molecular complexity index is 1010. The van der Waals surface area contributed by atoms with Crippen molar-refractivity contribution in [2.75, 3.05) is 7.11 Å². The fourth-order valence-corrected chi connectivity index (χ4v) is 3.85. The molecule has 1 aromatic heterocycles. The lowest BCUT2D eigenvalue weighted by molar-refractivity contribution is 0.0933. The molecule has 0 bridgehead atoms. The zero-order valence-corrected chi connectivity index (χ0v) is 17.7. The summed E-state index contributed by atoms with van der Waals surface area (Å²) in [5.74, 6) is 1.62. The number of ether oxygens (including phenoxy) is 2. The van der Waals surface area contributed by atoms with E-state index in [1.54, 1.807) is 13.2 Å². The average Bonchev–Trinajstić information content (AvgIpc) is 3.08. The maximum Gasteiger partial charge on any atom is 0.251 e. The molecule has 6 heteroatoms. The molecule has 1 aliphatic carbocycles. The number of amides is 1. The van der Waals surface area contributed by atoms with Crippen LogP contribution in [0.25, 0.3) is 11.3 Å². The molecule has 0 atom stereocenters. The molecule has 1 N–H and O–H groups in total. The zero-order valence-electron chi connectivity index (χ0n) is 17.7. The largest absolute Gasteiger partial charge is 0.493 e. The van der Waals surface area contributed by atoms with E-state index in [4.69, 9.17) is 9.47 Å². The average molecular weight is 418 g/mol. The second-order valence-electron chi connectivity index (χ2n) is 7.73. The Labute approximate surface area is 182 Å². The number of hydrogen-bond donors (Lipinski definition) is 1. The number of nitrogens with zero attached hydrogens (tertiary/aromatic N) is 2. The van der Waals surface area contributed by atoms with Gasteiger partial charge in [-0.05, 0) is 37.1 Å². The summed E-state index contributed by atoms with van der Waals surface area (Å²) in [4.78, 5) is 21.2. The first-order valence-electron chi connectivity index (χ1n) is 10.8. The first-order chi connectivity index (χ1) is 15.2. The van der Waals surface area contributed by atoms with E-state index in [9.17, 15) is 4.79 Å². The lowest BCUT2D eigenvalue weighted by Gasteiger charge is -2.16. The van der Waals surface area contributed by atoms with Crippen molar-refractivity contribution in [3.05, 3.63) is 66.5 Å². The minimum absolute atomic E-state index is 0.0127. The Balaban J connectivity index is 1.45. The molecule has 1 heterocycles. The van der Waals surface area contributed by atoms with Gasteiger partial charge >= 0.3 is 0 Å². The summed E-state index contributed by atoms with van der Waals surface area (Å²) in [5.41, 5.74) is 2.27. The highest BCUT2D eigenvalue weighted by atomic mass is 16.5. The predicted octanol–water partition coefficient (Wildman–Crippen LogP) is 5.40. The first kappa shape index (κ1) is 20.8. The van der Waals surface area contributed by atoms with Crippen molar-refractivity contribution in [2.45, 2.75) is 44.6 Å². The second kappa shape index (κ2) is 10.1. The Kier molecular flexibility index (Phi) is 6.77. The lowest BCUT2D eigenvalue weighted by atomic mass is 10.1. The highest BCUT2D eigenvalue weighted by Gasteiger charge is 2.16. The van der Waals surface area contributed by atoms with Gasteiger partial charge < -0.3 is 14.8 Å². The van der Waals surface area contributed by atoms with Gasteiger partial charge in [0.15, 0.2) is 11.5 Å². The third-order valence-electron chi connectivity index (χ3n) is 5.56. The Morgan fingerprint density at radius 2 is 1.65 bits per heavy atom. The molecule has 0 radical (unpaired) electrons. The topological polar surface area (TPSA) is 73.3 Å². The van der Waals surface area contributed by atoms with Gasteiger partial charge in [-0.15, -0.1) is 0 Å². The molecule has 1 amide bonds. The van der Waals surface area contributed by atoms with Gasteiger partial charge in [-0.25, -0.2) is 9.97 Å². The van der Waals surface area contributed by atoms with Gasteiger partial charge in [0.2, 0.25) is 5.88 Å². The highest BCUT2D eigenvalue weighted by Crippen LogP contribution is 2.31. The number of aromatic nitrogens is 2. The summed E-state index contributed by atoms with van der Waals surface area (Å²) in [6, 6.07) is 16.9. The molecule has 1 fully saturated rings. The molecule has 31 heavy (non-hydrogen) atoms. The summed E-state index contributed by atoms with van der Waals surface area (Å²) >= 11 is 0. The van der Waals surface area contributed by atoms with E-state index < -0.39 is 0 Å². The van der Waals surface area contributed by atoms with Crippen molar-refractivity contribution in [3.8, 4) is 28.6 Å². The van der Waals surface area contributed by atoms with Crippen LogP contribution in [0.15, 0.2) is 60.9 Å². The van der Waals surface area contributed by atoms with Gasteiger partial charge in [0.25, 0.3) is 5.91 Å². The maximum absolute atomic E-state index is 12.6. The molecule has 0 aliphatic heterocycles. The Morgan fingerprint density at radius 3 is 2.35 bits per heavy atom. The summed E-state index contributed by atoms with van der Waals surface area (Å²) in [5, 5.41) is 3.19. The molecule has 0 spiro atoms. The predicted molar refractivity (Wildman–Crippen MR) is 119 cm³/mol. The van der Waals surface area contributed by atoms with Crippen LogP contribution >= 0.6 is 0 Å². The molecule has 0 unspecified atom stereocenters. The monoisotopic (exact) mass is 417 g/mol. The van der Waals surface area contributed by atoms with E-state index in [2.05, 4.69) is 15.3 Å². The quantitative estimate of drug-likeness (QED) is 0.544. The molecule has 6 nitrogen and oxygen atoms in total. The maximum atomic E-state index is 12.6. The third-order valence-corrected chi connectivity index (χ3v) is 5.56. The number of hydrogen-bond acceptors (Lipinski definition) is 5. The van der Waals surface area contributed by atoms with Crippen LogP contribution in [0.3, 0.4) is 0 Å². The van der Waals surface area contributed by atoms with Crippen LogP contribution in [-0.2, 0) is 0 Å². The van der Waals surface area contributed by atoms with E-state index in [1.807, 2.05) is 48.5 Å². The Hall–Kier alpha value is -3.41. The number of para-hydroxylation sites is 2. The van der Waals surface area contributed by atoms with E-state index in [-0.39, 0.29) is 11.9 Å². The molecular weight excluding hydrogens is 390 g/mol. The number of methoxy groups -OCH3 is 1. The van der Waals surface area contributed by atoms with Crippen LogP contribution in [0.4, 0.5) is 0 Å². The van der Waals surface area contributed by atoms with Crippen molar-refractivity contribution in [3.63, 3.8) is 0 Å². The van der Waals surface area contributed by atoms with Crippen LogP contribution in [0.1, 0.15) is 48.9 Å². The summed E-state index contributed by atoms with van der Waals surface area (Å²) in [7, 11) is 1.60. The van der Waals surface area contributed by atoms with Gasteiger partial charge in [-0.3, -0.25) is 4.79 Å². The Morgan fingerprint density at radius 1 is 0.935 bits per heavy atom. The fourth-order valence-electron chi connectivity index (χ4n) is 3.85. The van der Waals surface area contributed by atoms with Crippen molar-refractivity contribution in [1.82, 2.24) is 15.3 Å². The van der Waals surface area contributed by atoms with Gasteiger partial charge in [0.1, 0.15) is 6.33 Å². The van der Waals surface area contributed by atoms with Crippen LogP contribution in [-0.4, -0.2) is 29.0 Å². The number of carbonyl (C=O) groups excluding carboxylic acids is 1. The number of benzene rings is 2. The molecule has 4 rings (SSSR count). The highest BCUT2D eigenvalue weighted by molar-refractivity contribution is 5.94. The van der Waals surface area contributed by atoms with E-state index in [1.165, 1.54) is 32.0 Å². The van der Waals surface area contributed by atoms with E-state index in [0.717, 1.165) is 24.1 Å². The van der Waals surface area contributed by atoms with Gasteiger partial charge in [0.05, 0.1) is 12.8 Å². The fraction of sp³-hybridized carbons (Fsp3) is 0.320. The van der Waals surface area contributed by atoms with Crippen molar-refractivity contribution >= 4 is 5.91 Å². The molecule has 1 aliphatic rings. The standard InChI is InChI=1S/C25H27N3O3/c1-30-22-10-6-7-11-23(22)31-24-16-21(26-17-27-24)18-12-14-19(15-13-18)25(29)28-20-8-4-2-3-5-9-20/h6-7,10-17,20H,2-5,8-9H2,1H3,(H,28,29). The first-order valence-corrected chi connectivity index (χ1v) is 10.8. The van der Waals surface area contributed by atoms with Crippen LogP contribution in [0, 0.1) is 0 Å². The number of rotatable bonds is 6. The normalized spacial score (nSPS) is 14.5. The molecule has 2 aromatic carbocycles. The van der Waals surface area contributed by atoms with Gasteiger partial charge in [-0.1, -0.05) is 49.9 Å². The van der Waals surface area contributed by atoms with Crippen LogP contribution < -0.4 is 14.8 Å². The van der Waals surface area contributed by atoms with Gasteiger partial charge in [-0.2, -0.15) is 0 Å². The molecule has 0 saturated heterocycles. The third kappa shape index (κ3) is 5.40. The van der Waals surface area contributed by atoms with Gasteiger partial charge in [0, 0.05) is 23.2 Å². The number of nitrogens with one attached hydrogen (secondary N) is 1. The minimum Gasteiger partial charge on any atom is -0.493 e. The van der Waals surface area contributed by atoms with E-state index in [0.29, 0.717) is 22.9 Å². The SMILES string of the molecule is COc1ccccc1Oc1cc(-c2ccc(C(=O)NC3CCCCCC3)cc2)ncn1. The lowest BCUT2D eigenvalue weighted by Crippen LogP contribution is -2.34. The number of carbonyl (C=O) groups is 1. The smallest absolute Gasteiger partial charge is 0.251 e. The molecule has 3 aromatic rings. The van der Waals surface area contributed by atoms with Crippen molar-refractivity contribution in [1.29, 1.82) is 0 Å². The molecule has 1 saturated carbocycles. The minimum atomic E-state index is -0.0127. The molecular formula is C25H27N3O3. The summed E-state index contributed by atoms with van der Waals surface area (Å²) in [6.45, 7) is 0. The molecule has 160 valence electrons. The summed E-state index contributed by atoms with van der Waals surface area (Å²) < 4.78 is 11.2.